The van der Waals surface area contributed by atoms with Crippen molar-refractivity contribution in [2.24, 2.45) is 7.05 Å². The highest BCUT2D eigenvalue weighted by atomic mass is 16.4. The minimum atomic E-state index is -1.05. The van der Waals surface area contributed by atoms with Crippen LogP contribution < -0.4 is 4.90 Å². The number of carboxylic acid groups (broad SMARTS) is 1. The maximum Gasteiger partial charge on any atom is 0.305 e. The van der Waals surface area contributed by atoms with Gasteiger partial charge in [0.05, 0.1) is 24.2 Å². The third kappa shape index (κ3) is 4.73. The van der Waals surface area contributed by atoms with Gasteiger partial charge in [0.1, 0.15) is 0 Å². The third-order valence-electron chi connectivity index (χ3n) is 6.12. The monoisotopic (exact) mass is 459 g/mol. The zero-order valence-corrected chi connectivity index (χ0v) is 19.5. The van der Waals surface area contributed by atoms with Crippen LogP contribution in [0, 0.1) is 0 Å². The quantitative estimate of drug-likeness (QED) is 0.503. The Hall–Kier alpha value is -3.87. The van der Waals surface area contributed by atoms with Gasteiger partial charge in [0.2, 0.25) is 5.91 Å². The van der Waals surface area contributed by atoms with Crippen LogP contribution in [-0.4, -0.2) is 45.4 Å². The van der Waals surface area contributed by atoms with Crippen LogP contribution in [0.1, 0.15) is 47.7 Å². The van der Waals surface area contributed by atoms with Gasteiger partial charge in [-0.15, -0.1) is 0 Å². The maximum absolute atomic E-state index is 13.4. The molecule has 7 nitrogen and oxygen atoms in total. The van der Waals surface area contributed by atoms with Crippen LogP contribution in [0.15, 0.2) is 54.7 Å². The summed E-state index contributed by atoms with van der Waals surface area (Å²) in [7, 11) is 1.99. The van der Waals surface area contributed by atoms with Crippen LogP contribution in [-0.2, 0) is 23.2 Å². The Morgan fingerprint density at radius 1 is 1.15 bits per heavy atom. The molecule has 0 aliphatic carbocycles. The topological polar surface area (TPSA) is 82.8 Å². The molecular weight excluding hydrogens is 430 g/mol. The van der Waals surface area contributed by atoms with Gasteiger partial charge in [0.15, 0.2) is 0 Å². The fraction of sp³-hybridized carbons (Fsp3) is 0.296. The van der Waals surface area contributed by atoms with Crippen molar-refractivity contribution in [3.8, 4) is 0 Å². The van der Waals surface area contributed by atoms with E-state index < -0.39 is 17.8 Å². The summed E-state index contributed by atoms with van der Waals surface area (Å²) in [6, 6.07) is 13.7. The number of rotatable bonds is 8. The first-order valence-corrected chi connectivity index (χ1v) is 11.5. The van der Waals surface area contributed by atoms with Crippen molar-refractivity contribution in [2.75, 3.05) is 18.0 Å². The van der Waals surface area contributed by atoms with E-state index in [9.17, 15) is 14.4 Å². The predicted octanol–water partition coefficient (Wildman–Crippen LogP) is 4.46. The summed E-state index contributed by atoms with van der Waals surface area (Å²) in [4.78, 5) is 40.7. The number of imide groups is 1. The number of para-hydroxylation sites is 1. The van der Waals surface area contributed by atoms with Crippen LogP contribution in [0.25, 0.3) is 17.0 Å². The minimum absolute atomic E-state index is 0.00734. The fourth-order valence-corrected chi connectivity index (χ4v) is 4.41. The minimum Gasteiger partial charge on any atom is -0.481 e. The highest BCUT2D eigenvalue weighted by molar-refractivity contribution is 6.11. The van der Waals surface area contributed by atoms with E-state index in [1.54, 1.807) is 6.07 Å². The van der Waals surface area contributed by atoms with E-state index in [0.29, 0.717) is 17.8 Å². The second kappa shape index (κ2) is 9.95. The number of allylic oxidation sites excluding steroid dienone is 1. The number of carbonyl (C=O) groups excluding carboxylic acids is 2. The van der Waals surface area contributed by atoms with Crippen molar-refractivity contribution >= 4 is 40.4 Å². The molecule has 0 saturated carbocycles. The maximum atomic E-state index is 13.4. The Morgan fingerprint density at radius 2 is 1.94 bits per heavy atom. The molecule has 176 valence electrons. The molecule has 0 spiro atoms. The van der Waals surface area contributed by atoms with Gasteiger partial charge in [-0.1, -0.05) is 49.8 Å². The van der Waals surface area contributed by atoms with Gasteiger partial charge < -0.3 is 14.6 Å². The lowest BCUT2D eigenvalue weighted by Crippen LogP contribution is -2.41. The molecule has 0 radical (unpaired) electrons. The number of hydrogen-bond donors (Lipinski definition) is 1. The van der Waals surface area contributed by atoms with Crippen molar-refractivity contribution in [1.29, 1.82) is 0 Å². The van der Waals surface area contributed by atoms with E-state index in [2.05, 4.69) is 23.6 Å². The average Bonchev–Trinajstić information content (AvgIpc) is 3.09. The van der Waals surface area contributed by atoms with Crippen LogP contribution in [0.2, 0.25) is 0 Å². The van der Waals surface area contributed by atoms with Crippen LogP contribution >= 0.6 is 0 Å². The van der Waals surface area contributed by atoms with Crippen molar-refractivity contribution < 1.29 is 19.5 Å². The Labute approximate surface area is 198 Å². The summed E-state index contributed by atoms with van der Waals surface area (Å²) in [5.41, 5.74) is 4.11. The summed E-state index contributed by atoms with van der Waals surface area (Å²) in [6.45, 7) is 2.39. The molecule has 0 atom stereocenters. The number of aryl methyl sites for hydroxylation is 1. The average molecular weight is 460 g/mol. The molecule has 1 aliphatic rings. The summed E-state index contributed by atoms with van der Waals surface area (Å²) >= 11 is 0. The highest BCUT2D eigenvalue weighted by Crippen LogP contribution is 2.31. The largest absolute Gasteiger partial charge is 0.481 e. The molecule has 4 rings (SSSR count). The molecule has 3 aromatic rings. The first-order chi connectivity index (χ1) is 16.4. The SMILES string of the molecule is CCC/C=C/c1ccc2c(c1)C(=O)N(CCC(=O)O)C(=O)CN2Cc1cn(C)c2ccccc12. The molecule has 2 heterocycles. The Bertz CT molecular complexity index is 1270. The molecular formula is C27H29N3O4. The van der Waals surface area contributed by atoms with Gasteiger partial charge in [-0.05, 0) is 35.7 Å². The smallest absolute Gasteiger partial charge is 0.305 e. The number of benzene rings is 2. The first-order valence-electron chi connectivity index (χ1n) is 11.5. The number of anilines is 1. The number of carbonyl (C=O) groups is 3. The zero-order valence-electron chi connectivity index (χ0n) is 19.5. The van der Waals surface area contributed by atoms with Gasteiger partial charge in [-0.2, -0.15) is 0 Å². The molecule has 0 bridgehead atoms. The van der Waals surface area contributed by atoms with Crippen molar-refractivity contribution in [1.82, 2.24) is 9.47 Å². The van der Waals surface area contributed by atoms with Crippen molar-refractivity contribution in [2.45, 2.75) is 32.7 Å². The van der Waals surface area contributed by atoms with Gasteiger partial charge >= 0.3 is 5.97 Å². The molecule has 0 unspecified atom stereocenters. The van der Waals surface area contributed by atoms with Crippen molar-refractivity contribution in [3.63, 3.8) is 0 Å². The number of aliphatic carboxylic acids is 1. The Kier molecular flexibility index (Phi) is 6.82. The predicted molar refractivity (Wildman–Crippen MR) is 133 cm³/mol. The number of fused-ring (bicyclic) bond motifs is 2. The molecule has 1 aliphatic heterocycles. The second-order valence-corrected chi connectivity index (χ2v) is 8.60. The number of hydrogen-bond acceptors (Lipinski definition) is 4. The van der Waals surface area contributed by atoms with E-state index in [4.69, 9.17) is 5.11 Å². The summed E-state index contributed by atoms with van der Waals surface area (Å²) in [5.74, 6) is -1.90. The van der Waals surface area contributed by atoms with Crippen LogP contribution in [0.4, 0.5) is 5.69 Å². The molecule has 2 amide bonds. The Morgan fingerprint density at radius 3 is 2.71 bits per heavy atom. The molecule has 1 N–H and O–H groups in total. The highest BCUT2D eigenvalue weighted by Gasteiger charge is 2.32. The fourth-order valence-electron chi connectivity index (χ4n) is 4.41. The number of aromatic nitrogens is 1. The first kappa shape index (κ1) is 23.3. The van der Waals surface area contributed by atoms with Gasteiger partial charge in [-0.3, -0.25) is 19.3 Å². The number of amides is 2. The zero-order chi connectivity index (χ0) is 24.2. The van der Waals surface area contributed by atoms with E-state index in [0.717, 1.165) is 39.8 Å². The molecule has 0 saturated heterocycles. The molecule has 34 heavy (non-hydrogen) atoms. The number of nitrogens with zero attached hydrogens (tertiary/aromatic N) is 3. The van der Waals surface area contributed by atoms with Crippen molar-refractivity contribution in [3.05, 3.63) is 71.4 Å². The summed E-state index contributed by atoms with van der Waals surface area (Å²) in [6.07, 6.45) is 7.75. The lowest BCUT2D eigenvalue weighted by Gasteiger charge is -2.23. The molecule has 2 aromatic carbocycles. The summed E-state index contributed by atoms with van der Waals surface area (Å²) < 4.78 is 2.05. The lowest BCUT2D eigenvalue weighted by molar-refractivity contribution is -0.137. The van der Waals surface area contributed by atoms with E-state index in [1.807, 2.05) is 54.6 Å². The molecule has 0 fully saturated rings. The van der Waals surface area contributed by atoms with E-state index in [-0.39, 0.29) is 19.5 Å². The van der Waals surface area contributed by atoms with Crippen LogP contribution in [0.5, 0.6) is 0 Å². The molecule has 7 heteroatoms. The van der Waals surface area contributed by atoms with E-state index in [1.165, 1.54) is 0 Å². The molecule has 1 aromatic heterocycles. The Balaban J connectivity index is 1.75. The standard InChI is InChI=1S/C27H29N3O4/c1-3-4-5-8-19-11-12-24-22(15-19)27(34)30(14-13-26(32)33)25(31)18-29(24)17-20-16-28(2)23-10-7-6-9-21(20)23/h5-12,15-16H,3-4,13-14,17-18H2,1-2H3,(H,32,33)/b8-5+. The summed E-state index contributed by atoms with van der Waals surface area (Å²) in [5, 5.41) is 10.2. The van der Waals surface area contributed by atoms with Crippen LogP contribution in [0.3, 0.4) is 0 Å². The van der Waals surface area contributed by atoms with Gasteiger partial charge in [0.25, 0.3) is 5.91 Å². The number of carboxylic acids is 1. The normalized spacial score (nSPS) is 14.2. The second-order valence-electron chi connectivity index (χ2n) is 8.60. The van der Waals surface area contributed by atoms with Gasteiger partial charge in [0, 0.05) is 37.2 Å². The number of unbranched alkanes of at least 4 members (excludes halogenated alkanes) is 1. The van der Waals surface area contributed by atoms with E-state index >= 15 is 0 Å². The van der Waals surface area contributed by atoms with Gasteiger partial charge in [-0.25, -0.2) is 0 Å². The lowest BCUT2D eigenvalue weighted by atomic mass is 10.0. The third-order valence-corrected chi connectivity index (χ3v) is 6.12.